The number of hydrogen-bond donors (Lipinski definition) is 2. The molecule has 1 heterocycles. The van der Waals surface area contributed by atoms with Gasteiger partial charge in [0.2, 0.25) is 0 Å². The van der Waals surface area contributed by atoms with Gasteiger partial charge in [-0.25, -0.2) is 13.9 Å². The van der Waals surface area contributed by atoms with E-state index in [1.54, 1.807) is 17.6 Å². The lowest BCUT2D eigenvalue weighted by Gasteiger charge is -2.39. The third-order valence-corrected chi connectivity index (χ3v) is 8.99. The number of ether oxygens (including phenoxy) is 1. The third-order valence-electron chi connectivity index (χ3n) is 6.47. The van der Waals surface area contributed by atoms with E-state index in [0.717, 1.165) is 23.4 Å². The van der Waals surface area contributed by atoms with E-state index in [-0.39, 0.29) is 17.7 Å². The predicted molar refractivity (Wildman–Crippen MR) is 130 cm³/mol. The fourth-order valence-electron chi connectivity index (χ4n) is 4.34. The molecule has 0 aromatic heterocycles. The van der Waals surface area contributed by atoms with Gasteiger partial charge in [-0.15, -0.1) is 0 Å². The van der Waals surface area contributed by atoms with Crippen molar-refractivity contribution in [2.24, 2.45) is 0 Å². The molecule has 178 valence electrons. The maximum atomic E-state index is 13.6. The Morgan fingerprint density at radius 3 is 1.97 bits per heavy atom. The van der Waals surface area contributed by atoms with Crippen molar-refractivity contribution in [3.63, 3.8) is 0 Å². The number of para-hydroxylation sites is 1. The van der Waals surface area contributed by atoms with Crippen molar-refractivity contribution < 1.29 is 23.2 Å². The summed E-state index contributed by atoms with van der Waals surface area (Å²) in [5, 5.41) is 9.31. The minimum Gasteiger partial charge on any atom is -0.457 e. The maximum Gasteiger partial charge on any atom is 0.265 e. The van der Waals surface area contributed by atoms with E-state index in [1.807, 2.05) is 61.5 Å². The quantitative estimate of drug-likeness (QED) is 0.387. The lowest BCUT2D eigenvalue weighted by molar-refractivity contribution is -0.133. The fraction of sp³-hybridized carbons (Fsp3) is 0.269. The number of piperidine rings is 1. The van der Waals surface area contributed by atoms with Gasteiger partial charge in [0.15, 0.2) is 14.6 Å². The summed E-state index contributed by atoms with van der Waals surface area (Å²) in [5.41, 5.74) is 3.34. The molecule has 4 rings (SSSR count). The molecule has 2 N–H and O–H groups in total. The SMILES string of the molecule is CCN1CCC(C(=O)NO)(S(=O)(=O)c2ccc(-c3ccc(Oc4ccccc4)cc3)cc2)CC1. The van der Waals surface area contributed by atoms with Crippen LogP contribution in [0.15, 0.2) is 83.8 Å². The van der Waals surface area contributed by atoms with Crippen LogP contribution in [0, 0.1) is 0 Å². The van der Waals surface area contributed by atoms with Crippen molar-refractivity contribution in [1.29, 1.82) is 0 Å². The van der Waals surface area contributed by atoms with Crippen LogP contribution in [-0.2, 0) is 14.6 Å². The average Bonchev–Trinajstić information content (AvgIpc) is 2.89. The van der Waals surface area contributed by atoms with Crippen molar-refractivity contribution in [3.05, 3.63) is 78.9 Å². The van der Waals surface area contributed by atoms with E-state index in [0.29, 0.717) is 18.8 Å². The van der Waals surface area contributed by atoms with Crippen molar-refractivity contribution in [2.45, 2.75) is 29.4 Å². The summed E-state index contributed by atoms with van der Waals surface area (Å²) in [5.74, 6) is 0.571. The molecule has 0 saturated carbocycles. The summed E-state index contributed by atoms with van der Waals surface area (Å²) < 4.78 is 31.3. The zero-order valence-corrected chi connectivity index (χ0v) is 19.8. The van der Waals surface area contributed by atoms with Crippen LogP contribution in [-0.4, -0.2) is 48.8 Å². The molecule has 0 radical (unpaired) electrons. The second-order valence-corrected chi connectivity index (χ2v) is 10.6. The Balaban J connectivity index is 1.55. The van der Waals surface area contributed by atoms with Crippen LogP contribution in [0.25, 0.3) is 11.1 Å². The predicted octanol–water partition coefficient (Wildman–Crippen LogP) is 4.28. The van der Waals surface area contributed by atoms with Crippen LogP contribution >= 0.6 is 0 Å². The number of carbonyl (C=O) groups is 1. The van der Waals surface area contributed by atoms with E-state index < -0.39 is 20.5 Å². The van der Waals surface area contributed by atoms with E-state index in [2.05, 4.69) is 4.90 Å². The Morgan fingerprint density at radius 2 is 1.44 bits per heavy atom. The van der Waals surface area contributed by atoms with E-state index in [1.165, 1.54) is 12.1 Å². The van der Waals surface area contributed by atoms with Crippen molar-refractivity contribution in [3.8, 4) is 22.6 Å². The smallest absolute Gasteiger partial charge is 0.265 e. The molecule has 0 atom stereocenters. The molecular weight excluding hydrogens is 452 g/mol. The number of benzene rings is 3. The van der Waals surface area contributed by atoms with Gasteiger partial charge < -0.3 is 9.64 Å². The van der Waals surface area contributed by atoms with E-state index in [4.69, 9.17) is 4.74 Å². The Morgan fingerprint density at radius 1 is 0.912 bits per heavy atom. The average molecular weight is 481 g/mol. The standard InChI is InChI=1S/C26H28N2O5S/c1-2-28-18-16-26(17-19-28,25(29)27-30)34(31,32)24-14-10-21(11-15-24)20-8-12-23(13-9-20)33-22-6-4-3-5-7-22/h3-15,30H,2,16-19H2,1H3,(H,27,29). The largest absolute Gasteiger partial charge is 0.457 e. The van der Waals surface area contributed by atoms with Gasteiger partial charge in [-0.1, -0.05) is 49.4 Å². The number of nitrogens with zero attached hydrogens (tertiary/aromatic N) is 1. The first-order valence-electron chi connectivity index (χ1n) is 11.2. The van der Waals surface area contributed by atoms with E-state index >= 15 is 0 Å². The summed E-state index contributed by atoms with van der Waals surface area (Å²) in [4.78, 5) is 14.7. The van der Waals surface area contributed by atoms with Crippen LogP contribution in [0.5, 0.6) is 11.5 Å². The second kappa shape index (κ2) is 9.97. The number of likely N-dealkylation sites (tertiary alicyclic amines) is 1. The number of sulfone groups is 1. The Hall–Kier alpha value is -3.20. The number of amides is 1. The molecule has 0 aliphatic carbocycles. The van der Waals surface area contributed by atoms with E-state index in [9.17, 15) is 18.4 Å². The van der Waals surface area contributed by atoms with Crippen LogP contribution in [0.4, 0.5) is 0 Å². The van der Waals surface area contributed by atoms with Gasteiger partial charge in [0.25, 0.3) is 5.91 Å². The minimum absolute atomic E-state index is 0.0637. The van der Waals surface area contributed by atoms with Crippen molar-refractivity contribution >= 4 is 15.7 Å². The number of nitrogens with one attached hydrogen (secondary N) is 1. The van der Waals surface area contributed by atoms with Gasteiger partial charge in [-0.05, 0) is 66.9 Å². The highest BCUT2D eigenvalue weighted by atomic mass is 32.2. The van der Waals surface area contributed by atoms with Gasteiger partial charge >= 0.3 is 0 Å². The highest BCUT2D eigenvalue weighted by molar-refractivity contribution is 7.93. The zero-order chi connectivity index (χ0) is 24.2. The normalized spacial score (nSPS) is 16.1. The second-order valence-electron chi connectivity index (χ2n) is 8.34. The molecule has 8 heteroatoms. The van der Waals surface area contributed by atoms with Crippen molar-refractivity contribution in [2.75, 3.05) is 19.6 Å². The molecular formula is C26H28N2O5S. The Labute approximate surface area is 199 Å². The van der Waals surface area contributed by atoms with Crippen LogP contribution in [0.3, 0.4) is 0 Å². The number of carbonyl (C=O) groups excluding carboxylic acids is 1. The van der Waals surface area contributed by atoms with Gasteiger partial charge in [-0.2, -0.15) is 0 Å². The minimum atomic E-state index is -4.03. The number of hydrogen-bond acceptors (Lipinski definition) is 6. The lowest BCUT2D eigenvalue weighted by atomic mass is 9.95. The zero-order valence-electron chi connectivity index (χ0n) is 19.0. The maximum absolute atomic E-state index is 13.6. The first-order chi connectivity index (χ1) is 16.4. The highest BCUT2D eigenvalue weighted by Gasteiger charge is 2.52. The van der Waals surface area contributed by atoms with Gasteiger partial charge in [0, 0.05) is 13.1 Å². The topological polar surface area (TPSA) is 95.9 Å². The van der Waals surface area contributed by atoms with Gasteiger partial charge in [0.1, 0.15) is 11.5 Å². The third kappa shape index (κ3) is 4.57. The molecule has 1 aliphatic heterocycles. The first kappa shape index (κ1) is 23.9. The molecule has 3 aromatic rings. The van der Waals surface area contributed by atoms with Gasteiger partial charge in [-0.3, -0.25) is 10.0 Å². The summed E-state index contributed by atoms with van der Waals surface area (Å²) in [6, 6.07) is 23.5. The highest BCUT2D eigenvalue weighted by Crippen LogP contribution is 2.37. The lowest BCUT2D eigenvalue weighted by Crippen LogP contribution is -2.57. The number of hydroxylamine groups is 1. The molecule has 1 fully saturated rings. The fourth-order valence-corrected chi connectivity index (χ4v) is 6.30. The number of rotatable bonds is 7. The molecule has 3 aromatic carbocycles. The molecule has 34 heavy (non-hydrogen) atoms. The molecule has 1 saturated heterocycles. The summed E-state index contributed by atoms with van der Waals surface area (Å²) in [6.45, 7) is 3.71. The van der Waals surface area contributed by atoms with Crippen molar-refractivity contribution in [1.82, 2.24) is 10.4 Å². The summed E-state index contributed by atoms with van der Waals surface area (Å²) in [7, 11) is -4.03. The van der Waals surface area contributed by atoms with Gasteiger partial charge in [0.05, 0.1) is 4.90 Å². The van der Waals surface area contributed by atoms with Crippen LogP contribution < -0.4 is 10.2 Å². The molecule has 0 spiro atoms. The van der Waals surface area contributed by atoms with Crippen LogP contribution in [0.1, 0.15) is 19.8 Å². The molecule has 1 amide bonds. The summed E-state index contributed by atoms with van der Waals surface area (Å²) >= 11 is 0. The first-order valence-corrected chi connectivity index (χ1v) is 12.7. The Kier molecular flexibility index (Phi) is 7.02. The Bertz CT molecular complexity index is 1220. The molecule has 0 unspecified atom stereocenters. The monoisotopic (exact) mass is 480 g/mol. The molecule has 1 aliphatic rings. The molecule has 7 nitrogen and oxygen atoms in total. The summed E-state index contributed by atoms with van der Waals surface area (Å²) in [6.07, 6.45) is 0.250. The van der Waals surface area contributed by atoms with Crippen LogP contribution in [0.2, 0.25) is 0 Å². The molecule has 0 bridgehead atoms.